The molecule has 0 aliphatic heterocycles. The van der Waals surface area contributed by atoms with Gasteiger partial charge in [0.25, 0.3) is 5.91 Å². The van der Waals surface area contributed by atoms with Gasteiger partial charge in [0.05, 0.1) is 18.4 Å². The maximum absolute atomic E-state index is 12.5. The van der Waals surface area contributed by atoms with Gasteiger partial charge in [-0.15, -0.1) is 11.3 Å². The summed E-state index contributed by atoms with van der Waals surface area (Å²) in [4.78, 5) is 21.1. The Labute approximate surface area is 174 Å². The van der Waals surface area contributed by atoms with Crippen molar-refractivity contribution in [3.63, 3.8) is 0 Å². The third-order valence-electron chi connectivity index (χ3n) is 4.65. The fourth-order valence-electron chi connectivity index (χ4n) is 3.15. The second-order valence-electron chi connectivity index (χ2n) is 6.29. The summed E-state index contributed by atoms with van der Waals surface area (Å²) in [7, 11) is 3.69. The molecule has 8 heteroatoms. The summed E-state index contributed by atoms with van der Waals surface area (Å²) < 4.78 is 8.27. The minimum atomic E-state index is -0.244. The average Bonchev–Trinajstić information content (AvgIpc) is 3.24. The first kappa shape index (κ1) is 18.6. The molecule has 0 fully saturated rings. The van der Waals surface area contributed by atoms with Crippen LogP contribution in [0.2, 0.25) is 0 Å². The molecule has 0 bridgehead atoms. The van der Waals surface area contributed by atoms with Gasteiger partial charge >= 0.3 is 0 Å². The third kappa shape index (κ3) is 3.29. The molecular weight excluding hydrogens is 440 g/mol. The zero-order valence-corrected chi connectivity index (χ0v) is 17.9. The Kier molecular flexibility index (Phi) is 4.91. The highest BCUT2D eigenvalue weighted by Gasteiger charge is 2.18. The number of rotatable bonds is 4. The van der Waals surface area contributed by atoms with E-state index in [9.17, 15) is 4.79 Å². The van der Waals surface area contributed by atoms with Crippen molar-refractivity contribution >= 4 is 49.2 Å². The SMILES string of the molecule is COc1ccc2c(c1)c(-c1csc(NC(=O)c3cncc(Br)c3)n1)c(C)n2C. The number of anilines is 1. The van der Waals surface area contributed by atoms with Crippen LogP contribution in [0.15, 0.2) is 46.5 Å². The van der Waals surface area contributed by atoms with Gasteiger partial charge in [0.2, 0.25) is 0 Å². The number of ether oxygens (including phenoxy) is 1. The number of amides is 1. The molecule has 0 radical (unpaired) electrons. The molecule has 0 saturated heterocycles. The van der Waals surface area contributed by atoms with Crippen molar-refractivity contribution in [1.29, 1.82) is 0 Å². The number of carbonyl (C=O) groups is 1. The van der Waals surface area contributed by atoms with E-state index in [4.69, 9.17) is 4.74 Å². The molecule has 0 aliphatic carbocycles. The molecule has 4 aromatic rings. The van der Waals surface area contributed by atoms with Crippen LogP contribution in [0.5, 0.6) is 5.75 Å². The number of hydrogen-bond donors (Lipinski definition) is 1. The van der Waals surface area contributed by atoms with E-state index < -0.39 is 0 Å². The quantitative estimate of drug-likeness (QED) is 0.467. The largest absolute Gasteiger partial charge is 0.497 e. The Morgan fingerprint density at radius 1 is 1.29 bits per heavy atom. The van der Waals surface area contributed by atoms with Crippen LogP contribution in [-0.4, -0.2) is 27.6 Å². The highest BCUT2D eigenvalue weighted by Crippen LogP contribution is 2.37. The smallest absolute Gasteiger partial charge is 0.259 e. The lowest BCUT2D eigenvalue weighted by Gasteiger charge is -2.02. The van der Waals surface area contributed by atoms with Gasteiger partial charge in [-0.3, -0.25) is 15.1 Å². The Bertz CT molecular complexity index is 1200. The van der Waals surface area contributed by atoms with Crippen molar-refractivity contribution in [3.8, 4) is 17.0 Å². The fraction of sp³-hybridized carbons (Fsp3) is 0.150. The summed E-state index contributed by atoms with van der Waals surface area (Å²) in [6, 6.07) is 7.73. The number of methoxy groups -OCH3 is 1. The van der Waals surface area contributed by atoms with Gasteiger partial charge in [0, 0.05) is 51.5 Å². The van der Waals surface area contributed by atoms with Gasteiger partial charge < -0.3 is 9.30 Å². The van der Waals surface area contributed by atoms with Crippen molar-refractivity contribution in [2.24, 2.45) is 7.05 Å². The van der Waals surface area contributed by atoms with Crippen LogP contribution in [0.1, 0.15) is 16.1 Å². The van der Waals surface area contributed by atoms with Crippen molar-refractivity contribution in [3.05, 3.63) is 57.8 Å². The molecule has 3 heterocycles. The Hall–Kier alpha value is -2.71. The summed E-state index contributed by atoms with van der Waals surface area (Å²) in [5.41, 5.74) is 4.54. The maximum atomic E-state index is 12.5. The number of pyridine rings is 1. The molecule has 0 atom stereocenters. The summed E-state index contributed by atoms with van der Waals surface area (Å²) in [5.74, 6) is 0.552. The lowest BCUT2D eigenvalue weighted by Crippen LogP contribution is -2.11. The molecule has 6 nitrogen and oxygen atoms in total. The van der Waals surface area contributed by atoms with E-state index in [2.05, 4.69) is 42.7 Å². The molecule has 28 heavy (non-hydrogen) atoms. The molecule has 0 saturated carbocycles. The van der Waals surface area contributed by atoms with Crippen molar-refractivity contribution in [1.82, 2.24) is 14.5 Å². The predicted molar refractivity (Wildman–Crippen MR) is 115 cm³/mol. The van der Waals surface area contributed by atoms with Crippen LogP contribution < -0.4 is 10.1 Å². The lowest BCUT2D eigenvalue weighted by atomic mass is 10.1. The topological polar surface area (TPSA) is 69.0 Å². The first-order valence-corrected chi connectivity index (χ1v) is 10.2. The van der Waals surface area contributed by atoms with Gasteiger partial charge in [0.1, 0.15) is 5.75 Å². The van der Waals surface area contributed by atoms with Crippen LogP contribution in [0.25, 0.3) is 22.2 Å². The number of nitrogens with zero attached hydrogens (tertiary/aromatic N) is 3. The maximum Gasteiger partial charge on any atom is 0.259 e. The van der Waals surface area contributed by atoms with E-state index in [0.29, 0.717) is 10.7 Å². The van der Waals surface area contributed by atoms with Crippen LogP contribution in [-0.2, 0) is 7.05 Å². The number of aryl methyl sites for hydroxylation is 1. The van der Waals surface area contributed by atoms with Gasteiger partial charge in [0.15, 0.2) is 5.13 Å². The van der Waals surface area contributed by atoms with Crippen LogP contribution in [0.4, 0.5) is 5.13 Å². The lowest BCUT2D eigenvalue weighted by molar-refractivity contribution is 0.102. The number of hydrogen-bond acceptors (Lipinski definition) is 5. The molecular formula is C20H17BrN4O2S. The monoisotopic (exact) mass is 456 g/mol. The molecule has 1 N–H and O–H groups in total. The molecule has 1 aromatic carbocycles. The Balaban J connectivity index is 1.70. The molecule has 3 aromatic heterocycles. The summed E-state index contributed by atoms with van der Waals surface area (Å²) in [5, 5.41) is 6.41. The first-order valence-electron chi connectivity index (χ1n) is 8.48. The predicted octanol–water partition coefficient (Wildman–Crippen LogP) is 5.03. The number of nitrogens with one attached hydrogen (secondary N) is 1. The second kappa shape index (κ2) is 7.37. The standard InChI is InChI=1S/C20H17BrN4O2S/c1-11-18(15-7-14(27-3)4-5-17(15)25(11)2)16-10-28-20(23-16)24-19(26)12-6-13(21)9-22-8-12/h4-10H,1-3H3,(H,23,24,26). The Morgan fingerprint density at radius 3 is 2.86 bits per heavy atom. The summed E-state index contributed by atoms with van der Waals surface area (Å²) in [6.07, 6.45) is 3.16. The second-order valence-corrected chi connectivity index (χ2v) is 8.06. The van der Waals surface area contributed by atoms with Crippen LogP contribution in [0.3, 0.4) is 0 Å². The molecule has 0 spiro atoms. The third-order valence-corrected chi connectivity index (χ3v) is 5.84. The minimum absolute atomic E-state index is 0.244. The first-order chi connectivity index (χ1) is 13.5. The minimum Gasteiger partial charge on any atom is -0.497 e. The summed E-state index contributed by atoms with van der Waals surface area (Å²) in [6.45, 7) is 2.06. The van der Waals surface area contributed by atoms with E-state index in [1.807, 2.05) is 30.6 Å². The normalized spacial score (nSPS) is 11.0. The summed E-state index contributed by atoms with van der Waals surface area (Å²) >= 11 is 4.72. The van der Waals surface area contributed by atoms with Crippen LogP contribution >= 0.6 is 27.3 Å². The molecule has 4 rings (SSSR count). The van der Waals surface area contributed by atoms with Gasteiger partial charge in [-0.2, -0.15) is 0 Å². The molecule has 0 unspecified atom stereocenters. The van der Waals surface area contributed by atoms with Gasteiger partial charge in [-0.25, -0.2) is 4.98 Å². The molecule has 0 aliphatic rings. The van der Waals surface area contributed by atoms with Crippen molar-refractivity contribution in [2.45, 2.75) is 6.92 Å². The number of thiazole rings is 1. The molecule has 142 valence electrons. The highest BCUT2D eigenvalue weighted by atomic mass is 79.9. The highest BCUT2D eigenvalue weighted by molar-refractivity contribution is 9.10. The van der Waals surface area contributed by atoms with E-state index in [1.54, 1.807) is 19.4 Å². The zero-order valence-electron chi connectivity index (χ0n) is 15.5. The number of fused-ring (bicyclic) bond motifs is 1. The van der Waals surface area contributed by atoms with E-state index in [0.717, 1.165) is 38.1 Å². The van der Waals surface area contributed by atoms with Gasteiger partial charge in [-0.1, -0.05) is 0 Å². The number of aromatic nitrogens is 3. The molecule has 1 amide bonds. The fourth-order valence-corrected chi connectivity index (χ4v) is 4.21. The Morgan fingerprint density at radius 2 is 2.11 bits per heavy atom. The van der Waals surface area contributed by atoms with E-state index in [1.165, 1.54) is 17.5 Å². The van der Waals surface area contributed by atoms with Crippen molar-refractivity contribution < 1.29 is 9.53 Å². The number of halogens is 1. The number of benzene rings is 1. The van der Waals surface area contributed by atoms with E-state index in [-0.39, 0.29) is 5.91 Å². The van der Waals surface area contributed by atoms with Crippen molar-refractivity contribution in [2.75, 3.05) is 12.4 Å². The van der Waals surface area contributed by atoms with E-state index >= 15 is 0 Å². The van der Waals surface area contributed by atoms with Crippen LogP contribution in [0, 0.1) is 6.92 Å². The number of carbonyl (C=O) groups excluding carboxylic acids is 1. The van der Waals surface area contributed by atoms with Gasteiger partial charge in [-0.05, 0) is 47.1 Å². The average molecular weight is 457 g/mol. The zero-order chi connectivity index (χ0) is 19.8.